The van der Waals surface area contributed by atoms with Gasteiger partial charge in [-0.3, -0.25) is 0 Å². The molecule has 0 aliphatic carbocycles. The molecular weight excluding hydrogens is 216 g/mol. The van der Waals surface area contributed by atoms with E-state index in [1.807, 2.05) is 24.3 Å². The highest BCUT2D eigenvalue weighted by Crippen LogP contribution is 2.15. The quantitative estimate of drug-likeness (QED) is 0.802. The molecule has 2 nitrogen and oxygen atoms in total. The molecule has 12 heavy (non-hydrogen) atoms. The molecule has 1 rings (SSSR count). The molecule has 3 heteroatoms. The fourth-order valence-electron chi connectivity index (χ4n) is 0.861. The van der Waals surface area contributed by atoms with E-state index < -0.39 is 0 Å². The molecule has 0 saturated heterocycles. The van der Waals surface area contributed by atoms with Crippen LogP contribution in [0.3, 0.4) is 0 Å². The van der Waals surface area contributed by atoms with Crippen LogP contribution >= 0.6 is 15.9 Å². The van der Waals surface area contributed by atoms with E-state index in [1.165, 1.54) is 0 Å². The second kappa shape index (κ2) is 4.78. The lowest BCUT2D eigenvalue weighted by Crippen LogP contribution is -1.99. The molecule has 0 atom stereocenters. The molecule has 0 aliphatic heterocycles. The largest absolute Gasteiger partial charge is 0.384 e. The first kappa shape index (κ1) is 9.08. The Balaban J connectivity index is 2.48. The van der Waals surface area contributed by atoms with Crippen LogP contribution in [0.15, 0.2) is 28.7 Å². The van der Waals surface area contributed by atoms with Crippen molar-refractivity contribution in [1.82, 2.24) is 0 Å². The van der Waals surface area contributed by atoms with Crippen molar-refractivity contribution >= 4 is 21.6 Å². The predicted octanol–water partition coefficient (Wildman–Crippen LogP) is 2.77. The Labute approximate surface area is 80.3 Å². The summed E-state index contributed by atoms with van der Waals surface area (Å²) in [5.41, 5.74) is 1.04. The first-order chi connectivity index (χ1) is 5.83. The number of rotatable bonds is 3. The van der Waals surface area contributed by atoms with E-state index in [2.05, 4.69) is 27.3 Å². The van der Waals surface area contributed by atoms with Crippen molar-refractivity contribution < 1.29 is 0 Å². The van der Waals surface area contributed by atoms with Crippen LogP contribution in [0.25, 0.3) is 0 Å². The van der Waals surface area contributed by atoms with Crippen LogP contribution in [0.2, 0.25) is 0 Å². The third-order valence-corrected chi connectivity index (χ3v) is 1.88. The van der Waals surface area contributed by atoms with Crippen LogP contribution in [-0.4, -0.2) is 6.54 Å². The maximum atomic E-state index is 8.30. The minimum Gasteiger partial charge on any atom is -0.384 e. The van der Waals surface area contributed by atoms with Crippen molar-refractivity contribution in [3.05, 3.63) is 28.7 Å². The third-order valence-electron chi connectivity index (χ3n) is 1.39. The van der Waals surface area contributed by atoms with E-state index in [4.69, 9.17) is 5.26 Å². The molecule has 62 valence electrons. The highest BCUT2D eigenvalue weighted by atomic mass is 79.9. The normalized spacial score (nSPS) is 9.00. The molecule has 0 saturated carbocycles. The monoisotopic (exact) mass is 224 g/mol. The average molecular weight is 225 g/mol. The third kappa shape index (κ3) is 2.93. The van der Waals surface area contributed by atoms with Crippen molar-refractivity contribution in [1.29, 1.82) is 5.26 Å². The Kier molecular flexibility index (Phi) is 3.62. The summed E-state index contributed by atoms with van der Waals surface area (Å²) in [6, 6.07) is 9.96. The number of nitrogens with one attached hydrogen (secondary N) is 1. The predicted molar refractivity (Wildman–Crippen MR) is 52.9 cm³/mol. The first-order valence-electron chi connectivity index (χ1n) is 3.69. The van der Waals surface area contributed by atoms with Crippen molar-refractivity contribution in [3.63, 3.8) is 0 Å². The fraction of sp³-hybridized carbons (Fsp3) is 0.222. The standard InChI is InChI=1S/C9H9BrN2/c10-8-3-1-4-9(7-8)12-6-2-5-11/h1,3-4,7,12H,2,6H2. The number of nitriles is 1. The summed E-state index contributed by atoms with van der Waals surface area (Å²) in [6.07, 6.45) is 0.534. The maximum Gasteiger partial charge on any atom is 0.0640 e. The smallest absolute Gasteiger partial charge is 0.0640 e. The van der Waals surface area contributed by atoms with Gasteiger partial charge in [-0.1, -0.05) is 22.0 Å². The first-order valence-corrected chi connectivity index (χ1v) is 4.48. The Morgan fingerprint density at radius 1 is 1.50 bits per heavy atom. The van der Waals surface area contributed by atoms with E-state index in [-0.39, 0.29) is 0 Å². The van der Waals surface area contributed by atoms with Gasteiger partial charge in [-0.2, -0.15) is 5.26 Å². The second-order valence-corrected chi connectivity index (χ2v) is 3.26. The fourth-order valence-corrected chi connectivity index (χ4v) is 1.26. The van der Waals surface area contributed by atoms with Gasteiger partial charge in [-0.05, 0) is 18.2 Å². The molecule has 1 N–H and O–H groups in total. The van der Waals surface area contributed by atoms with Crippen LogP contribution in [0.5, 0.6) is 0 Å². The number of anilines is 1. The summed E-state index contributed by atoms with van der Waals surface area (Å²) >= 11 is 3.37. The zero-order valence-corrected chi connectivity index (χ0v) is 8.13. The van der Waals surface area contributed by atoms with Gasteiger partial charge in [0.15, 0.2) is 0 Å². The summed E-state index contributed by atoms with van der Waals surface area (Å²) in [7, 11) is 0. The highest BCUT2D eigenvalue weighted by Gasteiger charge is 1.90. The van der Waals surface area contributed by atoms with Crippen molar-refractivity contribution in [2.24, 2.45) is 0 Å². The van der Waals surface area contributed by atoms with Gasteiger partial charge >= 0.3 is 0 Å². The van der Waals surface area contributed by atoms with Gasteiger partial charge in [0.2, 0.25) is 0 Å². The minimum absolute atomic E-state index is 0.534. The summed E-state index contributed by atoms with van der Waals surface area (Å²) in [6.45, 7) is 0.701. The summed E-state index contributed by atoms with van der Waals surface area (Å²) in [4.78, 5) is 0. The number of halogens is 1. The van der Waals surface area contributed by atoms with Gasteiger partial charge in [0.25, 0.3) is 0 Å². The summed E-state index contributed by atoms with van der Waals surface area (Å²) in [5.74, 6) is 0. The van der Waals surface area contributed by atoms with Crippen LogP contribution in [0, 0.1) is 11.3 Å². The molecular formula is C9H9BrN2. The molecule has 0 amide bonds. The molecule has 1 aromatic rings. The Morgan fingerprint density at radius 3 is 3.00 bits per heavy atom. The maximum absolute atomic E-state index is 8.30. The zero-order valence-electron chi connectivity index (χ0n) is 6.55. The van der Waals surface area contributed by atoms with Gasteiger partial charge in [0, 0.05) is 16.7 Å². The molecule has 0 aromatic heterocycles. The van der Waals surface area contributed by atoms with E-state index in [0.29, 0.717) is 13.0 Å². The number of hydrogen-bond acceptors (Lipinski definition) is 2. The Morgan fingerprint density at radius 2 is 2.33 bits per heavy atom. The molecule has 1 aromatic carbocycles. The number of benzene rings is 1. The van der Waals surface area contributed by atoms with Gasteiger partial charge in [-0.25, -0.2) is 0 Å². The van der Waals surface area contributed by atoms with E-state index in [0.717, 1.165) is 10.2 Å². The van der Waals surface area contributed by atoms with Crippen LogP contribution in [-0.2, 0) is 0 Å². The molecule has 0 unspecified atom stereocenters. The summed E-state index contributed by atoms with van der Waals surface area (Å²) in [5, 5.41) is 11.4. The summed E-state index contributed by atoms with van der Waals surface area (Å²) < 4.78 is 1.05. The lowest BCUT2D eigenvalue weighted by atomic mass is 10.3. The molecule has 0 bridgehead atoms. The van der Waals surface area contributed by atoms with Crippen LogP contribution < -0.4 is 5.32 Å². The van der Waals surface area contributed by atoms with E-state index in [9.17, 15) is 0 Å². The van der Waals surface area contributed by atoms with Crippen LogP contribution in [0.1, 0.15) is 6.42 Å². The molecule has 0 heterocycles. The molecule has 0 spiro atoms. The molecule has 0 fully saturated rings. The minimum atomic E-state index is 0.534. The molecule has 0 radical (unpaired) electrons. The van der Waals surface area contributed by atoms with Gasteiger partial charge in [0.05, 0.1) is 12.5 Å². The van der Waals surface area contributed by atoms with Gasteiger partial charge in [0.1, 0.15) is 0 Å². The zero-order chi connectivity index (χ0) is 8.81. The number of nitrogens with zero attached hydrogens (tertiary/aromatic N) is 1. The lowest BCUT2D eigenvalue weighted by Gasteiger charge is -2.02. The van der Waals surface area contributed by atoms with Crippen molar-refractivity contribution in [3.8, 4) is 6.07 Å². The van der Waals surface area contributed by atoms with Gasteiger partial charge in [-0.15, -0.1) is 0 Å². The average Bonchev–Trinajstić information content (AvgIpc) is 2.05. The van der Waals surface area contributed by atoms with Gasteiger partial charge < -0.3 is 5.32 Å². The molecule has 0 aliphatic rings. The van der Waals surface area contributed by atoms with Crippen molar-refractivity contribution in [2.75, 3.05) is 11.9 Å². The van der Waals surface area contributed by atoms with Crippen molar-refractivity contribution in [2.45, 2.75) is 6.42 Å². The lowest BCUT2D eigenvalue weighted by molar-refractivity contribution is 1.07. The van der Waals surface area contributed by atoms with E-state index in [1.54, 1.807) is 0 Å². The SMILES string of the molecule is N#CCCNc1cccc(Br)c1. The van der Waals surface area contributed by atoms with E-state index >= 15 is 0 Å². The second-order valence-electron chi connectivity index (χ2n) is 2.35. The Bertz CT molecular complexity index is 291. The Hall–Kier alpha value is -1.01. The topological polar surface area (TPSA) is 35.8 Å². The van der Waals surface area contributed by atoms with Crippen LogP contribution in [0.4, 0.5) is 5.69 Å². The highest BCUT2D eigenvalue weighted by molar-refractivity contribution is 9.10. The number of hydrogen-bond donors (Lipinski definition) is 1.